The Morgan fingerprint density at radius 2 is 1.24 bits per heavy atom. The van der Waals surface area contributed by atoms with E-state index in [1.54, 1.807) is 0 Å². The predicted molar refractivity (Wildman–Crippen MR) is 52.0 cm³/mol. The number of benzene rings is 1. The lowest BCUT2D eigenvalue weighted by Crippen LogP contribution is -2.10. The first-order chi connectivity index (χ1) is 7.93. The summed E-state index contributed by atoms with van der Waals surface area (Å²) in [7, 11) is 0. The molecular formula is C12H11F5. The molecule has 0 heterocycles. The molecule has 1 saturated carbocycles. The van der Waals surface area contributed by atoms with Crippen LogP contribution in [-0.4, -0.2) is 0 Å². The number of halogens is 5. The molecule has 2 unspecified atom stereocenters. The van der Waals surface area contributed by atoms with Crippen molar-refractivity contribution in [2.75, 3.05) is 0 Å². The Morgan fingerprint density at radius 1 is 0.765 bits per heavy atom. The molecule has 0 amide bonds. The Morgan fingerprint density at radius 3 is 1.65 bits per heavy atom. The molecule has 0 nitrogen and oxygen atoms in total. The largest absolute Gasteiger partial charge is 0.203 e. The van der Waals surface area contributed by atoms with Gasteiger partial charge in [-0.05, 0) is 24.7 Å². The smallest absolute Gasteiger partial charge is 0.200 e. The molecule has 5 heteroatoms. The zero-order valence-electron chi connectivity index (χ0n) is 9.17. The second kappa shape index (κ2) is 4.27. The third-order valence-corrected chi connectivity index (χ3v) is 3.35. The van der Waals surface area contributed by atoms with Gasteiger partial charge in [0.1, 0.15) is 0 Å². The molecule has 0 aliphatic heterocycles. The zero-order valence-corrected chi connectivity index (χ0v) is 9.17. The van der Waals surface area contributed by atoms with Gasteiger partial charge in [-0.15, -0.1) is 0 Å². The van der Waals surface area contributed by atoms with Crippen LogP contribution in [0.3, 0.4) is 0 Å². The van der Waals surface area contributed by atoms with E-state index in [-0.39, 0.29) is 5.92 Å². The van der Waals surface area contributed by atoms with Crippen LogP contribution < -0.4 is 0 Å². The Labute approximate surface area is 95.4 Å². The van der Waals surface area contributed by atoms with Crippen molar-refractivity contribution >= 4 is 0 Å². The highest BCUT2D eigenvalue weighted by Gasteiger charge is 2.33. The third kappa shape index (κ3) is 1.91. The van der Waals surface area contributed by atoms with Crippen LogP contribution in [0.2, 0.25) is 0 Å². The summed E-state index contributed by atoms with van der Waals surface area (Å²) in [6.45, 7) is 1.89. The van der Waals surface area contributed by atoms with Crippen molar-refractivity contribution in [2.24, 2.45) is 5.92 Å². The SMILES string of the molecule is CC1CCC(c2c(F)c(F)c(F)c(F)c2F)C1. The Bertz CT molecular complexity index is 426. The standard InChI is InChI=1S/C12H11F5/c1-5-2-3-6(4-5)7-8(13)10(15)12(17)11(16)9(7)14/h5-6H,2-4H2,1H3. The van der Waals surface area contributed by atoms with Gasteiger partial charge < -0.3 is 0 Å². The lowest BCUT2D eigenvalue weighted by Gasteiger charge is -2.14. The van der Waals surface area contributed by atoms with Crippen molar-refractivity contribution in [2.45, 2.75) is 32.1 Å². The normalized spacial score (nSPS) is 24.4. The summed E-state index contributed by atoms with van der Waals surface area (Å²) in [6.07, 6.45) is 1.65. The van der Waals surface area contributed by atoms with E-state index >= 15 is 0 Å². The van der Waals surface area contributed by atoms with Crippen LogP contribution >= 0.6 is 0 Å². The van der Waals surface area contributed by atoms with Crippen molar-refractivity contribution in [3.8, 4) is 0 Å². The second-order valence-corrected chi connectivity index (χ2v) is 4.60. The molecule has 0 saturated heterocycles. The number of hydrogen-bond donors (Lipinski definition) is 0. The molecule has 1 aromatic rings. The minimum Gasteiger partial charge on any atom is -0.203 e. The lowest BCUT2D eigenvalue weighted by atomic mass is 9.95. The minimum absolute atomic E-state index is 0.245. The van der Waals surface area contributed by atoms with Crippen LogP contribution in [0.4, 0.5) is 22.0 Å². The summed E-state index contributed by atoms with van der Waals surface area (Å²) >= 11 is 0. The molecule has 1 fully saturated rings. The number of hydrogen-bond acceptors (Lipinski definition) is 0. The van der Waals surface area contributed by atoms with E-state index in [0.29, 0.717) is 12.8 Å². The molecule has 1 aliphatic rings. The van der Waals surface area contributed by atoms with Crippen LogP contribution in [-0.2, 0) is 0 Å². The van der Waals surface area contributed by atoms with Gasteiger partial charge in [-0.3, -0.25) is 0 Å². The Hall–Kier alpha value is -1.13. The molecule has 0 N–H and O–H groups in total. The molecule has 1 aliphatic carbocycles. The monoisotopic (exact) mass is 250 g/mol. The van der Waals surface area contributed by atoms with E-state index in [1.165, 1.54) is 0 Å². The average molecular weight is 250 g/mol. The highest BCUT2D eigenvalue weighted by Crippen LogP contribution is 2.41. The first-order valence-electron chi connectivity index (χ1n) is 5.44. The van der Waals surface area contributed by atoms with Gasteiger partial charge in [0, 0.05) is 5.56 Å². The van der Waals surface area contributed by atoms with E-state index in [2.05, 4.69) is 0 Å². The maximum Gasteiger partial charge on any atom is 0.200 e. The average Bonchev–Trinajstić information content (AvgIpc) is 2.71. The van der Waals surface area contributed by atoms with Gasteiger partial charge in [0.15, 0.2) is 23.3 Å². The van der Waals surface area contributed by atoms with Crippen molar-refractivity contribution < 1.29 is 22.0 Å². The highest BCUT2D eigenvalue weighted by atomic mass is 19.2. The van der Waals surface area contributed by atoms with E-state index in [4.69, 9.17) is 0 Å². The molecule has 1 aromatic carbocycles. The molecule has 17 heavy (non-hydrogen) atoms. The lowest BCUT2D eigenvalue weighted by molar-refractivity contribution is 0.363. The summed E-state index contributed by atoms with van der Waals surface area (Å²) < 4.78 is 65.7. The van der Waals surface area contributed by atoms with Gasteiger partial charge in [0.05, 0.1) is 0 Å². The number of rotatable bonds is 1. The fourth-order valence-corrected chi connectivity index (χ4v) is 2.45. The summed E-state index contributed by atoms with van der Waals surface area (Å²) in [4.78, 5) is 0. The van der Waals surface area contributed by atoms with Crippen LogP contribution in [0.5, 0.6) is 0 Å². The summed E-state index contributed by atoms with van der Waals surface area (Å²) in [6, 6.07) is 0. The minimum atomic E-state index is -2.09. The van der Waals surface area contributed by atoms with E-state index in [0.717, 1.165) is 6.42 Å². The molecule has 2 atom stereocenters. The molecule has 2 rings (SSSR count). The molecular weight excluding hydrogens is 239 g/mol. The summed E-state index contributed by atoms with van der Waals surface area (Å²) in [5.74, 6) is -9.47. The molecule has 0 spiro atoms. The molecule has 0 aromatic heterocycles. The van der Waals surface area contributed by atoms with E-state index in [1.807, 2.05) is 6.92 Å². The second-order valence-electron chi connectivity index (χ2n) is 4.60. The quantitative estimate of drug-likeness (QED) is 0.396. The van der Waals surface area contributed by atoms with Crippen molar-refractivity contribution in [1.82, 2.24) is 0 Å². The van der Waals surface area contributed by atoms with Gasteiger partial charge in [-0.1, -0.05) is 13.3 Å². The first-order valence-corrected chi connectivity index (χ1v) is 5.44. The third-order valence-electron chi connectivity index (χ3n) is 3.35. The van der Waals surface area contributed by atoms with Gasteiger partial charge in [-0.25, -0.2) is 22.0 Å². The van der Waals surface area contributed by atoms with Crippen LogP contribution in [0.1, 0.15) is 37.7 Å². The van der Waals surface area contributed by atoms with Gasteiger partial charge in [-0.2, -0.15) is 0 Å². The fraction of sp³-hybridized carbons (Fsp3) is 0.500. The van der Waals surface area contributed by atoms with Gasteiger partial charge >= 0.3 is 0 Å². The maximum absolute atomic E-state index is 13.5. The Balaban J connectivity index is 2.54. The zero-order chi connectivity index (χ0) is 12.7. The molecule has 94 valence electrons. The topological polar surface area (TPSA) is 0 Å². The van der Waals surface area contributed by atoms with Crippen molar-refractivity contribution in [3.05, 3.63) is 34.6 Å². The van der Waals surface area contributed by atoms with E-state index < -0.39 is 40.6 Å². The van der Waals surface area contributed by atoms with Gasteiger partial charge in [0.25, 0.3) is 0 Å². The summed E-state index contributed by atoms with van der Waals surface area (Å²) in [5.41, 5.74) is -0.647. The summed E-state index contributed by atoms with van der Waals surface area (Å²) in [5, 5.41) is 0. The molecule has 0 bridgehead atoms. The van der Waals surface area contributed by atoms with Crippen molar-refractivity contribution in [1.29, 1.82) is 0 Å². The maximum atomic E-state index is 13.5. The van der Waals surface area contributed by atoms with Crippen LogP contribution in [0.25, 0.3) is 0 Å². The highest BCUT2D eigenvalue weighted by molar-refractivity contribution is 5.28. The van der Waals surface area contributed by atoms with Gasteiger partial charge in [0.2, 0.25) is 5.82 Å². The first kappa shape index (κ1) is 12.3. The fourth-order valence-electron chi connectivity index (χ4n) is 2.45. The Kier molecular flexibility index (Phi) is 3.10. The van der Waals surface area contributed by atoms with Crippen LogP contribution in [0.15, 0.2) is 0 Å². The molecule has 0 radical (unpaired) electrons. The van der Waals surface area contributed by atoms with E-state index in [9.17, 15) is 22.0 Å². The van der Waals surface area contributed by atoms with Crippen LogP contribution in [0, 0.1) is 35.0 Å². The predicted octanol–water partition coefficient (Wildman–Crippen LogP) is 4.29. The van der Waals surface area contributed by atoms with Crippen molar-refractivity contribution in [3.63, 3.8) is 0 Å².